The second-order valence-corrected chi connectivity index (χ2v) is 6.83. The molecule has 0 saturated heterocycles. The van der Waals surface area contributed by atoms with Gasteiger partial charge in [-0.15, -0.1) is 0 Å². The molecular weight excluding hydrogens is 256 g/mol. The van der Waals surface area contributed by atoms with E-state index in [0.717, 1.165) is 25.7 Å². The fourth-order valence-corrected chi connectivity index (χ4v) is 4.39. The molecule has 0 radical (unpaired) electrons. The van der Waals surface area contributed by atoms with Crippen LogP contribution in [0.3, 0.4) is 0 Å². The van der Waals surface area contributed by atoms with Gasteiger partial charge in [0, 0.05) is 11.8 Å². The normalized spacial score (nSPS) is 41.1. The van der Waals surface area contributed by atoms with Crippen LogP contribution in [0.2, 0.25) is 0 Å². The van der Waals surface area contributed by atoms with E-state index in [4.69, 9.17) is 4.74 Å². The number of carbonyl (C=O) groups is 2. The van der Waals surface area contributed by atoms with Crippen LogP contribution in [-0.2, 0) is 14.3 Å². The molecule has 0 bridgehead atoms. The van der Waals surface area contributed by atoms with E-state index in [1.807, 2.05) is 6.92 Å². The zero-order valence-electron chi connectivity index (χ0n) is 12.8. The second kappa shape index (κ2) is 5.47. The molecule has 0 aromatic carbocycles. The standard InChI is InChI=1S/C16H26O4/c1-4-20-14(19)10-16(3)11-6-5-7-12(17)15(11,2)9-8-13(16)18/h11-12,17H,4-10H2,1-3H3/t11?,12-,15-,16?/m0/s1. The Hall–Kier alpha value is -0.900. The second-order valence-electron chi connectivity index (χ2n) is 6.83. The van der Waals surface area contributed by atoms with Crippen molar-refractivity contribution in [2.45, 2.75) is 65.4 Å². The molecule has 0 amide bonds. The Balaban J connectivity index is 2.28. The first-order valence-electron chi connectivity index (χ1n) is 7.71. The first kappa shape index (κ1) is 15.5. The highest BCUT2D eigenvalue weighted by Crippen LogP contribution is 2.57. The van der Waals surface area contributed by atoms with Crippen molar-refractivity contribution in [3.8, 4) is 0 Å². The van der Waals surface area contributed by atoms with Gasteiger partial charge in [-0.05, 0) is 37.5 Å². The Bertz CT molecular complexity index is 405. The van der Waals surface area contributed by atoms with Crippen LogP contribution in [-0.4, -0.2) is 29.6 Å². The number of rotatable bonds is 3. The van der Waals surface area contributed by atoms with Crippen molar-refractivity contribution in [2.24, 2.45) is 16.7 Å². The zero-order valence-corrected chi connectivity index (χ0v) is 12.8. The Labute approximate surface area is 120 Å². The molecule has 0 aromatic rings. The van der Waals surface area contributed by atoms with E-state index >= 15 is 0 Å². The first-order chi connectivity index (χ1) is 9.34. The Morgan fingerprint density at radius 2 is 2.10 bits per heavy atom. The molecule has 1 N–H and O–H groups in total. The number of aliphatic hydroxyl groups is 1. The molecule has 4 nitrogen and oxygen atoms in total. The molecule has 0 aromatic heterocycles. The molecule has 0 spiro atoms. The predicted molar refractivity (Wildman–Crippen MR) is 75.1 cm³/mol. The summed E-state index contributed by atoms with van der Waals surface area (Å²) in [5.41, 5.74) is -0.923. The Kier molecular flexibility index (Phi) is 4.24. The van der Waals surface area contributed by atoms with Crippen molar-refractivity contribution < 1.29 is 19.4 Å². The summed E-state index contributed by atoms with van der Waals surface area (Å²) in [6, 6.07) is 0. The van der Waals surface area contributed by atoms with Gasteiger partial charge in [-0.25, -0.2) is 0 Å². The van der Waals surface area contributed by atoms with Crippen molar-refractivity contribution in [1.29, 1.82) is 0 Å². The molecule has 2 aliphatic carbocycles. The van der Waals surface area contributed by atoms with E-state index in [0.29, 0.717) is 13.0 Å². The van der Waals surface area contributed by atoms with Crippen LogP contribution < -0.4 is 0 Å². The van der Waals surface area contributed by atoms with Gasteiger partial charge < -0.3 is 9.84 Å². The lowest BCUT2D eigenvalue weighted by Crippen LogP contribution is -2.56. The van der Waals surface area contributed by atoms with Crippen LogP contribution in [0.1, 0.15) is 59.3 Å². The molecule has 2 unspecified atom stereocenters. The van der Waals surface area contributed by atoms with E-state index in [2.05, 4.69) is 6.92 Å². The van der Waals surface area contributed by atoms with Gasteiger partial charge >= 0.3 is 5.97 Å². The summed E-state index contributed by atoms with van der Waals surface area (Å²) in [5, 5.41) is 10.4. The summed E-state index contributed by atoms with van der Waals surface area (Å²) in [6.45, 7) is 6.09. The van der Waals surface area contributed by atoms with Gasteiger partial charge in [0.05, 0.1) is 19.1 Å². The molecule has 4 atom stereocenters. The van der Waals surface area contributed by atoms with E-state index in [-0.39, 0.29) is 35.6 Å². The quantitative estimate of drug-likeness (QED) is 0.808. The summed E-state index contributed by atoms with van der Waals surface area (Å²) >= 11 is 0. The minimum absolute atomic E-state index is 0.0735. The SMILES string of the molecule is CCOC(=O)CC1(C)C(=O)CC[C@@]2(C)C1CCC[C@@H]2O. The number of esters is 1. The van der Waals surface area contributed by atoms with Gasteiger partial charge in [-0.3, -0.25) is 9.59 Å². The number of Topliss-reactive ketones (excluding diaryl/α,β-unsaturated/α-hetero) is 1. The van der Waals surface area contributed by atoms with Crippen molar-refractivity contribution in [3.05, 3.63) is 0 Å². The van der Waals surface area contributed by atoms with Gasteiger partial charge in [0.1, 0.15) is 5.78 Å². The summed E-state index contributed by atoms with van der Waals surface area (Å²) in [6.07, 6.45) is 3.61. The number of aliphatic hydroxyl groups excluding tert-OH is 1. The molecule has 20 heavy (non-hydrogen) atoms. The van der Waals surface area contributed by atoms with Gasteiger partial charge in [0.25, 0.3) is 0 Å². The van der Waals surface area contributed by atoms with Crippen molar-refractivity contribution in [1.82, 2.24) is 0 Å². The number of hydrogen-bond donors (Lipinski definition) is 1. The highest BCUT2D eigenvalue weighted by Gasteiger charge is 2.57. The molecule has 2 aliphatic rings. The maximum Gasteiger partial charge on any atom is 0.306 e. The lowest BCUT2D eigenvalue weighted by Gasteiger charge is -2.55. The van der Waals surface area contributed by atoms with Crippen molar-refractivity contribution in [3.63, 3.8) is 0 Å². The predicted octanol–water partition coefficient (Wildman–Crippen LogP) is 2.48. The minimum atomic E-state index is -0.680. The van der Waals surface area contributed by atoms with E-state index < -0.39 is 5.41 Å². The van der Waals surface area contributed by atoms with Gasteiger partial charge in [-0.2, -0.15) is 0 Å². The minimum Gasteiger partial charge on any atom is -0.466 e. The fourth-order valence-electron chi connectivity index (χ4n) is 4.39. The Morgan fingerprint density at radius 3 is 2.75 bits per heavy atom. The average molecular weight is 282 g/mol. The zero-order chi connectivity index (χ0) is 15.0. The van der Waals surface area contributed by atoms with Crippen LogP contribution in [0.15, 0.2) is 0 Å². The highest BCUT2D eigenvalue weighted by atomic mass is 16.5. The topological polar surface area (TPSA) is 63.6 Å². The van der Waals surface area contributed by atoms with E-state index in [1.165, 1.54) is 0 Å². The third-order valence-corrected chi connectivity index (χ3v) is 5.64. The first-order valence-corrected chi connectivity index (χ1v) is 7.71. The molecule has 2 fully saturated rings. The average Bonchev–Trinajstić information content (AvgIpc) is 2.38. The molecule has 2 saturated carbocycles. The van der Waals surface area contributed by atoms with Crippen LogP contribution in [0, 0.1) is 16.7 Å². The number of fused-ring (bicyclic) bond motifs is 1. The maximum atomic E-state index is 12.5. The molecule has 114 valence electrons. The number of carbonyl (C=O) groups excluding carboxylic acids is 2. The molecule has 0 heterocycles. The van der Waals surface area contributed by atoms with Crippen molar-refractivity contribution >= 4 is 11.8 Å². The summed E-state index contributed by atoms with van der Waals surface area (Å²) in [4.78, 5) is 24.4. The van der Waals surface area contributed by atoms with Gasteiger partial charge in [-0.1, -0.05) is 20.3 Å². The number of hydrogen-bond acceptors (Lipinski definition) is 4. The van der Waals surface area contributed by atoms with Crippen molar-refractivity contribution in [2.75, 3.05) is 6.61 Å². The third-order valence-electron chi connectivity index (χ3n) is 5.64. The lowest BCUT2D eigenvalue weighted by atomic mass is 9.49. The smallest absolute Gasteiger partial charge is 0.306 e. The maximum absolute atomic E-state index is 12.5. The van der Waals surface area contributed by atoms with Gasteiger partial charge in [0.2, 0.25) is 0 Å². The van der Waals surface area contributed by atoms with Crippen LogP contribution in [0.25, 0.3) is 0 Å². The highest BCUT2D eigenvalue weighted by molar-refractivity contribution is 5.90. The molecule has 4 heteroatoms. The third kappa shape index (κ3) is 2.39. The van der Waals surface area contributed by atoms with Crippen LogP contribution >= 0.6 is 0 Å². The largest absolute Gasteiger partial charge is 0.466 e. The Morgan fingerprint density at radius 1 is 1.40 bits per heavy atom. The summed E-state index contributed by atoms with van der Waals surface area (Å²) in [7, 11) is 0. The summed E-state index contributed by atoms with van der Waals surface area (Å²) < 4.78 is 5.04. The van der Waals surface area contributed by atoms with E-state index in [9.17, 15) is 14.7 Å². The summed E-state index contributed by atoms with van der Waals surface area (Å²) in [5.74, 6) is -0.0702. The van der Waals surface area contributed by atoms with Crippen LogP contribution in [0.4, 0.5) is 0 Å². The monoisotopic (exact) mass is 282 g/mol. The molecular formula is C16H26O4. The van der Waals surface area contributed by atoms with E-state index in [1.54, 1.807) is 6.92 Å². The molecule has 2 rings (SSSR count). The van der Waals surface area contributed by atoms with Crippen LogP contribution in [0.5, 0.6) is 0 Å². The molecule has 0 aliphatic heterocycles. The number of ether oxygens (including phenoxy) is 1. The number of ketones is 1. The fraction of sp³-hybridized carbons (Fsp3) is 0.875. The lowest BCUT2D eigenvalue weighted by molar-refractivity contribution is -0.167. The van der Waals surface area contributed by atoms with Gasteiger partial charge in [0.15, 0.2) is 0 Å².